The van der Waals surface area contributed by atoms with E-state index in [2.05, 4.69) is 0 Å². The summed E-state index contributed by atoms with van der Waals surface area (Å²) in [4.78, 5) is 10.8. The first-order valence-electron chi connectivity index (χ1n) is 6.31. The molecule has 0 aliphatic rings. The Hall–Kier alpha value is -0.720. The summed E-state index contributed by atoms with van der Waals surface area (Å²) in [5, 5.41) is 8.82. The molecule has 1 aromatic rings. The van der Waals surface area contributed by atoms with Gasteiger partial charge in [0.2, 0.25) is 0 Å². The van der Waals surface area contributed by atoms with Crippen LogP contribution < -0.4 is 0 Å². The van der Waals surface area contributed by atoms with Crippen molar-refractivity contribution in [1.29, 1.82) is 0 Å². The summed E-state index contributed by atoms with van der Waals surface area (Å²) in [6, 6.07) is 6.44. The van der Waals surface area contributed by atoms with Crippen LogP contribution in [0.3, 0.4) is 0 Å². The normalized spacial score (nSPS) is 11.3. The largest absolute Gasteiger partial charge is 0.478 e. The minimum Gasteiger partial charge on any atom is -0.478 e. The number of benzene rings is 1. The average molecular weight is 348 g/mol. The lowest BCUT2D eigenvalue weighted by Gasteiger charge is -2.17. The molecule has 5 nitrogen and oxygen atoms in total. The van der Waals surface area contributed by atoms with E-state index in [1.807, 2.05) is 0 Å². The second kappa shape index (κ2) is 8.66. The Labute approximate surface area is 133 Å². The summed E-state index contributed by atoms with van der Waals surface area (Å²) in [6.45, 7) is 3.96. The van der Waals surface area contributed by atoms with Crippen molar-refractivity contribution in [3.8, 4) is 0 Å². The highest BCUT2D eigenvalue weighted by Crippen LogP contribution is 2.53. The zero-order chi connectivity index (χ0) is 15.9. The van der Waals surface area contributed by atoms with Crippen LogP contribution in [0.1, 0.15) is 29.8 Å². The van der Waals surface area contributed by atoms with Gasteiger partial charge in [0.05, 0.1) is 18.8 Å². The van der Waals surface area contributed by atoms with Crippen molar-refractivity contribution in [2.75, 3.05) is 13.2 Å². The molecule has 1 aromatic carbocycles. The number of rotatable bonds is 8. The van der Waals surface area contributed by atoms with E-state index in [4.69, 9.17) is 26.4 Å². The number of carboxylic acids is 1. The smallest absolute Gasteiger partial charge is 0.378 e. The predicted molar refractivity (Wildman–Crippen MR) is 88.2 cm³/mol. The summed E-state index contributed by atoms with van der Waals surface area (Å²) >= 11 is 6.34. The quantitative estimate of drug-likeness (QED) is 0.558. The third kappa shape index (κ3) is 5.52. The second-order valence-corrected chi connectivity index (χ2v) is 8.11. The minimum absolute atomic E-state index is 0.188. The van der Waals surface area contributed by atoms with Crippen molar-refractivity contribution >= 4 is 41.5 Å². The molecule has 0 bridgehead atoms. The molecule has 0 saturated heterocycles. The molecule has 0 aliphatic carbocycles. The molecule has 0 spiro atoms. The zero-order valence-electron chi connectivity index (χ0n) is 11.8. The van der Waals surface area contributed by atoms with Crippen LogP contribution in [-0.4, -0.2) is 28.2 Å². The van der Waals surface area contributed by atoms with E-state index in [1.165, 1.54) is 23.9 Å². The molecule has 0 amide bonds. The number of hydrogen-bond acceptors (Lipinski definition) is 6. The van der Waals surface area contributed by atoms with Gasteiger partial charge < -0.3 is 14.2 Å². The Morgan fingerprint density at radius 2 is 1.76 bits per heavy atom. The lowest BCUT2D eigenvalue weighted by atomic mass is 10.1. The predicted octanol–water partition coefficient (Wildman–Crippen LogP) is 4.17. The van der Waals surface area contributed by atoms with Crippen LogP contribution >= 0.6 is 31.6 Å². The van der Waals surface area contributed by atoms with Crippen LogP contribution in [0, 0.1) is 0 Å². The van der Waals surface area contributed by atoms with E-state index in [-0.39, 0.29) is 22.7 Å². The average Bonchev–Trinajstić information content (AvgIpc) is 2.45. The van der Waals surface area contributed by atoms with Crippen molar-refractivity contribution in [2.24, 2.45) is 0 Å². The standard InChI is InChI=1S/C13H17O5PS2/c1-3-17-19(16,18-4-2)13(20)21-9-10-5-7-11(8-6-10)12(14)15/h5-8H,3-4,9H2,1-2H3,(H,14,15). The Kier molecular flexibility index (Phi) is 7.56. The molecule has 0 radical (unpaired) electrons. The van der Waals surface area contributed by atoms with E-state index < -0.39 is 13.6 Å². The Morgan fingerprint density at radius 1 is 1.24 bits per heavy atom. The monoisotopic (exact) mass is 348 g/mol. The third-order valence-electron chi connectivity index (χ3n) is 2.38. The van der Waals surface area contributed by atoms with Crippen molar-refractivity contribution in [3.63, 3.8) is 0 Å². The fourth-order valence-electron chi connectivity index (χ4n) is 1.45. The number of carboxylic acid groups (broad SMARTS) is 1. The van der Waals surface area contributed by atoms with Crippen LogP contribution in [0.5, 0.6) is 0 Å². The van der Waals surface area contributed by atoms with Crippen molar-refractivity contribution in [3.05, 3.63) is 35.4 Å². The Balaban J connectivity index is 2.66. The maximum absolute atomic E-state index is 12.4. The van der Waals surface area contributed by atoms with Gasteiger partial charge in [-0.25, -0.2) is 4.79 Å². The SMILES string of the molecule is CCOP(=O)(OCC)C(=S)SCc1ccc(C(=O)O)cc1. The minimum atomic E-state index is -3.37. The number of aromatic carboxylic acids is 1. The summed E-state index contributed by atoms with van der Waals surface area (Å²) in [6.07, 6.45) is 0. The van der Waals surface area contributed by atoms with Gasteiger partial charge in [0.15, 0.2) is 3.94 Å². The van der Waals surface area contributed by atoms with Gasteiger partial charge in [-0.1, -0.05) is 24.4 Å². The Bertz CT molecular complexity index is 534. The molecule has 1 N–H and O–H groups in total. The fraction of sp³-hybridized carbons (Fsp3) is 0.385. The number of hydrogen-bond donors (Lipinski definition) is 1. The zero-order valence-corrected chi connectivity index (χ0v) is 14.3. The molecule has 0 aromatic heterocycles. The Morgan fingerprint density at radius 3 is 2.19 bits per heavy atom. The maximum Gasteiger partial charge on any atom is 0.378 e. The van der Waals surface area contributed by atoms with Gasteiger partial charge >= 0.3 is 13.6 Å². The number of carbonyl (C=O) groups is 1. The lowest BCUT2D eigenvalue weighted by molar-refractivity contribution is 0.0697. The van der Waals surface area contributed by atoms with Crippen LogP contribution in [0.15, 0.2) is 24.3 Å². The van der Waals surface area contributed by atoms with Crippen molar-refractivity contribution in [2.45, 2.75) is 19.6 Å². The highest BCUT2D eigenvalue weighted by molar-refractivity contribution is 8.35. The van der Waals surface area contributed by atoms with E-state index >= 15 is 0 Å². The fourth-order valence-corrected chi connectivity index (χ4v) is 4.53. The molecule has 0 atom stereocenters. The van der Waals surface area contributed by atoms with E-state index in [0.717, 1.165) is 5.56 Å². The van der Waals surface area contributed by atoms with Gasteiger partial charge in [0, 0.05) is 5.75 Å². The molecule has 0 saturated carbocycles. The summed E-state index contributed by atoms with van der Waals surface area (Å²) in [7, 11) is -3.37. The van der Waals surface area contributed by atoms with Gasteiger partial charge in [-0.3, -0.25) is 4.57 Å². The van der Waals surface area contributed by atoms with Crippen molar-refractivity contribution in [1.82, 2.24) is 0 Å². The summed E-state index contributed by atoms with van der Waals surface area (Å²) in [5.41, 5.74) is 1.10. The molecule has 0 aliphatic heterocycles. The van der Waals surface area contributed by atoms with Crippen LogP contribution in [0.4, 0.5) is 0 Å². The molecular weight excluding hydrogens is 331 g/mol. The van der Waals surface area contributed by atoms with Crippen LogP contribution in [0.2, 0.25) is 0 Å². The third-order valence-corrected chi connectivity index (χ3v) is 6.84. The van der Waals surface area contributed by atoms with Crippen LogP contribution in [-0.2, 0) is 19.4 Å². The summed E-state index contributed by atoms with van der Waals surface area (Å²) in [5.74, 6) is -0.495. The van der Waals surface area contributed by atoms with Gasteiger partial charge in [-0.05, 0) is 31.5 Å². The first-order valence-corrected chi connectivity index (χ1v) is 9.25. The maximum atomic E-state index is 12.4. The topological polar surface area (TPSA) is 72.8 Å². The van der Waals surface area contributed by atoms with E-state index in [0.29, 0.717) is 5.75 Å². The molecule has 0 heterocycles. The first kappa shape index (κ1) is 18.3. The van der Waals surface area contributed by atoms with E-state index in [9.17, 15) is 9.36 Å². The molecular formula is C13H17O5PS2. The molecule has 116 valence electrons. The first-order chi connectivity index (χ1) is 9.92. The highest BCUT2D eigenvalue weighted by Gasteiger charge is 2.30. The number of thioether (sulfide) groups is 1. The van der Waals surface area contributed by atoms with E-state index in [1.54, 1.807) is 26.0 Å². The molecule has 0 fully saturated rings. The summed E-state index contributed by atoms with van der Waals surface area (Å²) < 4.78 is 22.9. The van der Waals surface area contributed by atoms with Gasteiger partial charge in [0.1, 0.15) is 0 Å². The molecule has 8 heteroatoms. The van der Waals surface area contributed by atoms with Gasteiger partial charge in [0.25, 0.3) is 0 Å². The molecule has 21 heavy (non-hydrogen) atoms. The second-order valence-electron chi connectivity index (χ2n) is 3.89. The molecule has 0 unspecified atom stereocenters. The van der Waals surface area contributed by atoms with Gasteiger partial charge in [-0.15, -0.1) is 11.8 Å². The van der Waals surface area contributed by atoms with Gasteiger partial charge in [-0.2, -0.15) is 0 Å². The molecule has 1 rings (SSSR count). The van der Waals surface area contributed by atoms with Crippen molar-refractivity contribution < 1.29 is 23.5 Å². The van der Waals surface area contributed by atoms with Crippen LogP contribution in [0.25, 0.3) is 0 Å². The lowest BCUT2D eigenvalue weighted by Crippen LogP contribution is -2.02. The number of thiocarbonyl (C=S) groups is 1. The highest BCUT2D eigenvalue weighted by atomic mass is 32.2.